The van der Waals surface area contributed by atoms with Crippen molar-refractivity contribution in [3.8, 4) is 0 Å². The maximum absolute atomic E-state index is 12.9. The van der Waals surface area contributed by atoms with Crippen LogP contribution in [0.3, 0.4) is 0 Å². The van der Waals surface area contributed by atoms with Gasteiger partial charge in [0.05, 0.1) is 25.7 Å². The highest BCUT2D eigenvalue weighted by Crippen LogP contribution is 2.52. The van der Waals surface area contributed by atoms with Crippen molar-refractivity contribution >= 4 is 5.91 Å². The van der Waals surface area contributed by atoms with Crippen LogP contribution in [-0.2, 0) is 21.5 Å². The van der Waals surface area contributed by atoms with E-state index in [1.807, 2.05) is 11.2 Å². The Labute approximate surface area is 172 Å². The van der Waals surface area contributed by atoms with Gasteiger partial charge in [0.2, 0.25) is 5.91 Å². The van der Waals surface area contributed by atoms with Crippen LogP contribution in [-0.4, -0.2) is 55.1 Å². The number of piperidine rings is 1. The van der Waals surface area contributed by atoms with Crippen molar-refractivity contribution in [2.75, 3.05) is 39.4 Å². The third-order valence-electron chi connectivity index (χ3n) is 7.19. The Morgan fingerprint density at radius 2 is 1.86 bits per heavy atom. The average Bonchev–Trinajstić information content (AvgIpc) is 3.38. The normalized spacial score (nSPS) is 24.0. The minimum absolute atomic E-state index is 0.236. The van der Waals surface area contributed by atoms with Crippen LogP contribution in [0, 0.1) is 0 Å². The first kappa shape index (κ1) is 18.9. The Hall–Kier alpha value is -2.11. The van der Waals surface area contributed by atoms with Crippen LogP contribution >= 0.6 is 0 Å². The lowest BCUT2D eigenvalue weighted by Crippen LogP contribution is -2.42. The van der Waals surface area contributed by atoms with E-state index in [0.717, 1.165) is 39.1 Å². The Balaban J connectivity index is 1.28. The van der Waals surface area contributed by atoms with E-state index in [2.05, 4.69) is 35.2 Å². The maximum atomic E-state index is 12.9. The Morgan fingerprint density at radius 1 is 1.07 bits per heavy atom. The second kappa shape index (κ2) is 7.96. The first-order chi connectivity index (χ1) is 14.2. The molecule has 154 valence electrons. The lowest BCUT2D eigenvalue weighted by Gasteiger charge is -2.40. The molecule has 0 radical (unpaired) electrons. The summed E-state index contributed by atoms with van der Waals surface area (Å²) in [5.41, 5.74) is 4.40. The summed E-state index contributed by atoms with van der Waals surface area (Å²) in [6, 6.07) is 10.9. The molecule has 3 heterocycles. The summed E-state index contributed by atoms with van der Waals surface area (Å²) in [6.07, 6.45) is 7.69. The number of ether oxygens (including phenoxy) is 1. The number of amides is 1. The summed E-state index contributed by atoms with van der Waals surface area (Å²) in [6.45, 7) is 5.98. The van der Waals surface area contributed by atoms with Crippen LogP contribution in [0.15, 0.2) is 47.3 Å². The smallest absolute Gasteiger partial charge is 0.223 e. The molecule has 1 aromatic heterocycles. The van der Waals surface area contributed by atoms with Gasteiger partial charge in [-0.2, -0.15) is 0 Å². The second-order valence-electron chi connectivity index (χ2n) is 8.87. The maximum Gasteiger partial charge on any atom is 0.223 e. The number of hydrogen-bond acceptors (Lipinski definition) is 4. The number of carbonyl (C=O) groups is 1. The van der Waals surface area contributed by atoms with E-state index in [-0.39, 0.29) is 5.41 Å². The molecule has 2 aromatic rings. The highest BCUT2D eigenvalue weighted by atomic mass is 16.5. The van der Waals surface area contributed by atoms with Crippen LogP contribution in [0.25, 0.3) is 0 Å². The number of hydrogen-bond donors (Lipinski definition) is 0. The third kappa shape index (κ3) is 3.74. The average molecular weight is 395 g/mol. The number of furan rings is 1. The standard InChI is InChI=1S/C24H30N2O3/c27-23(26-10-13-28-14-11-26)15-20-16-24(22-4-2-1-3-21(20)22)6-8-25(9-7-24)17-19-5-12-29-18-19/h1-5,12,18,20H,6-11,13-17H2. The molecule has 2 saturated heterocycles. The Morgan fingerprint density at radius 3 is 2.62 bits per heavy atom. The van der Waals surface area contributed by atoms with Crippen LogP contribution in [0.4, 0.5) is 0 Å². The van der Waals surface area contributed by atoms with Crippen molar-refractivity contribution < 1.29 is 13.9 Å². The molecule has 1 atom stereocenters. The van der Waals surface area contributed by atoms with Crippen LogP contribution in [0.1, 0.15) is 48.3 Å². The highest BCUT2D eigenvalue weighted by molar-refractivity contribution is 5.77. The molecule has 0 N–H and O–H groups in total. The third-order valence-corrected chi connectivity index (χ3v) is 7.19. The number of likely N-dealkylation sites (tertiary alicyclic amines) is 1. The molecule has 29 heavy (non-hydrogen) atoms. The number of nitrogens with zero attached hydrogens (tertiary/aromatic N) is 2. The molecular weight excluding hydrogens is 364 g/mol. The monoisotopic (exact) mass is 394 g/mol. The molecule has 0 saturated carbocycles. The summed E-state index contributed by atoms with van der Waals surface area (Å²) >= 11 is 0. The molecule has 5 nitrogen and oxygen atoms in total. The zero-order valence-electron chi connectivity index (χ0n) is 17.0. The molecule has 2 fully saturated rings. The first-order valence-electron chi connectivity index (χ1n) is 10.9. The quantitative estimate of drug-likeness (QED) is 0.796. The zero-order valence-corrected chi connectivity index (χ0v) is 17.0. The first-order valence-corrected chi connectivity index (χ1v) is 10.9. The summed E-state index contributed by atoms with van der Waals surface area (Å²) in [5.74, 6) is 0.643. The van der Waals surface area contributed by atoms with Gasteiger partial charge in [0.15, 0.2) is 0 Å². The van der Waals surface area contributed by atoms with Crippen molar-refractivity contribution in [2.45, 2.75) is 43.6 Å². The van der Waals surface area contributed by atoms with Gasteiger partial charge in [-0.05, 0) is 60.9 Å². The van der Waals surface area contributed by atoms with Gasteiger partial charge in [0.1, 0.15) is 0 Å². The molecule has 0 bridgehead atoms. The predicted octanol–water partition coefficient (Wildman–Crippen LogP) is 3.55. The van der Waals surface area contributed by atoms with Gasteiger partial charge in [0.25, 0.3) is 0 Å². The fourth-order valence-electron chi connectivity index (χ4n) is 5.62. The molecule has 5 heteroatoms. The SMILES string of the molecule is O=C(CC1CC2(CCN(Cc3ccoc3)CC2)c2ccccc21)N1CCOCC1. The van der Waals surface area contributed by atoms with Gasteiger partial charge in [-0.1, -0.05) is 24.3 Å². The lowest BCUT2D eigenvalue weighted by molar-refractivity contribution is -0.135. The largest absolute Gasteiger partial charge is 0.472 e. The van der Waals surface area contributed by atoms with Gasteiger partial charge in [-0.3, -0.25) is 9.69 Å². The number of rotatable bonds is 4. The van der Waals surface area contributed by atoms with E-state index in [1.54, 1.807) is 6.26 Å². The van der Waals surface area contributed by atoms with Gasteiger partial charge < -0.3 is 14.1 Å². The van der Waals surface area contributed by atoms with Crippen LogP contribution in [0.5, 0.6) is 0 Å². The molecule has 3 aliphatic rings. The molecule has 1 unspecified atom stereocenters. The van der Waals surface area contributed by atoms with Crippen molar-refractivity contribution in [1.82, 2.24) is 9.80 Å². The minimum atomic E-state index is 0.236. The summed E-state index contributed by atoms with van der Waals surface area (Å²) in [7, 11) is 0. The molecule has 5 rings (SSSR count). The van der Waals surface area contributed by atoms with Crippen LogP contribution < -0.4 is 0 Å². The van der Waals surface area contributed by atoms with E-state index in [9.17, 15) is 4.79 Å². The van der Waals surface area contributed by atoms with E-state index in [4.69, 9.17) is 9.15 Å². The second-order valence-corrected chi connectivity index (χ2v) is 8.87. The Bertz CT molecular complexity index is 834. The van der Waals surface area contributed by atoms with E-state index < -0.39 is 0 Å². The fourth-order valence-corrected chi connectivity index (χ4v) is 5.62. The van der Waals surface area contributed by atoms with E-state index in [0.29, 0.717) is 31.5 Å². The number of morpholine rings is 1. The van der Waals surface area contributed by atoms with E-state index in [1.165, 1.54) is 29.5 Å². The zero-order chi connectivity index (χ0) is 19.7. The molecule has 1 spiro atoms. The van der Waals surface area contributed by atoms with Crippen molar-refractivity contribution in [2.24, 2.45) is 0 Å². The Kier molecular flexibility index (Phi) is 5.18. The topological polar surface area (TPSA) is 45.9 Å². The molecule has 1 aromatic carbocycles. The molecule has 1 amide bonds. The molecule has 1 aliphatic carbocycles. The highest BCUT2D eigenvalue weighted by Gasteiger charge is 2.45. The number of benzene rings is 1. The van der Waals surface area contributed by atoms with E-state index >= 15 is 0 Å². The summed E-state index contributed by atoms with van der Waals surface area (Å²) in [4.78, 5) is 17.4. The minimum Gasteiger partial charge on any atom is -0.472 e. The van der Waals surface area contributed by atoms with Crippen molar-refractivity contribution in [3.05, 3.63) is 59.5 Å². The number of fused-ring (bicyclic) bond motifs is 2. The fraction of sp³-hybridized carbons (Fsp3) is 0.542. The van der Waals surface area contributed by atoms with Crippen molar-refractivity contribution in [1.29, 1.82) is 0 Å². The van der Waals surface area contributed by atoms with Gasteiger partial charge in [0, 0.05) is 31.6 Å². The van der Waals surface area contributed by atoms with Gasteiger partial charge >= 0.3 is 0 Å². The molecular formula is C24H30N2O3. The van der Waals surface area contributed by atoms with Gasteiger partial charge in [-0.15, -0.1) is 0 Å². The predicted molar refractivity (Wildman–Crippen MR) is 111 cm³/mol. The number of carbonyl (C=O) groups excluding carboxylic acids is 1. The molecule has 2 aliphatic heterocycles. The van der Waals surface area contributed by atoms with Crippen LogP contribution in [0.2, 0.25) is 0 Å². The van der Waals surface area contributed by atoms with Crippen molar-refractivity contribution in [3.63, 3.8) is 0 Å². The lowest BCUT2D eigenvalue weighted by atomic mass is 9.73. The summed E-state index contributed by atoms with van der Waals surface area (Å²) in [5, 5.41) is 0. The van der Waals surface area contributed by atoms with Gasteiger partial charge in [-0.25, -0.2) is 0 Å². The summed E-state index contributed by atoms with van der Waals surface area (Å²) < 4.78 is 10.6.